The van der Waals surface area contributed by atoms with Crippen LogP contribution in [0.3, 0.4) is 0 Å². The van der Waals surface area contributed by atoms with Crippen molar-refractivity contribution in [2.75, 3.05) is 22.5 Å². The number of nitrogens with zero attached hydrogens (tertiary/aromatic N) is 2. The Morgan fingerprint density at radius 1 is 1.45 bits per heavy atom. The van der Waals surface area contributed by atoms with Gasteiger partial charge in [0.1, 0.15) is 5.82 Å². The van der Waals surface area contributed by atoms with Gasteiger partial charge in [-0.05, 0) is 37.0 Å². The Morgan fingerprint density at radius 3 is 2.97 bits per heavy atom. The van der Waals surface area contributed by atoms with Crippen molar-refractivity contribution in [1.29, 1.82) is 0 Å². The lowest BCUT2D eigenvalue weighted by Crippen LogP contribution is -2.34. The summed E-state index contributed by atoms with van der Waals surface area (Å²) in [6, 6.07) is 5.11. The minimum absolute atomic E-state index is 0.00218. The van der Waals surface area contributed by atoms with Gasteiger partial charge in [0.25, 0.3) is 0 Å². The van der Waals surface area contributed by atoms with E-state index in [0.29, 0.717) is 21.2 Å². The second kappa shape index (κ2) is 9.20. The minimum atomic E-state index is -0.859. The van der Waals surface area contributed by atoms with Crippen LogP contribution in [0.2, 0.25) is 0 Å². The average molecular weight is 502 g/mol. The van der Waals surface area contributed by atoms with E-state index in [0.717, 1.165) is 23.6 Å². The van der Waals surface area contributed by atoms with Crippen molar-refractivity contribution in [3.05, 3.63) is 34.7 Å². The number of hydrogen-bond donors (Lipinski definition) is 2. The molecule has 0 radical (unpaired) electrons. The predicted octanol–water partition coefficient (Wildman–Crippen LogP) is 5.01. The maximum Gasteiger partial charge on any atom is 0.313 e. The van der Waals surface area contributed by atoms with E-state index >= 15 is 0 Å². The lowest BCUT2D eigenvalue weighted by Gasteiger charge is -2.26. The zero-order valence-corrected chi connectivity index (χ0v) is 18.7. The summed E-state index contributed by atoms with van der Waals surface area (Å²) in [5, 5.41) is 12.7. The van der Waals surface area contributed by atoms with Crippen molar-refractivity contribution in [3.8, 4) is 0 Å². The highest BCUT2D eigenvalue weighted by Crippen LogP contribution is 2.38. The van der Waals surface area contributed by atoms with Crippen molar-refractivity contribution in [1.82, 2.24) is 4.98 Å². The first-order valence-corrected chi connectivity index (χ1v) is 12.0. The molecule has 0 amide bonds. The normalized spacial score (nSPS) is 21.3. The molecule has 2 heterocycles. The molecule has 10 heteroatoms. The van der Waals surface area contributed by atoms with Crippen LogP contribution < -0.4 is 10.2 Å². The number of carbonyl (C=O) groups is 1. The summed E-state index contributed by atoms with van der Waals surface area (Å²) in [7, 11) is 0. The molecule has 1 aromatic carbocycles. The number of carboxylic acid groups (broad SMARTS) is 1. The van der Waals surface area contributed by atoms with Gasteiger partial charge in [-0.25, -0.2) is 9.37 Å². The lowest BCUT2D eigenvalue weighted by molar-refractivity contribution is -0.133. The molecular weight excluding hydrogens is 481 g/mol. The number of thioether (sulfide) groups is 1. The number of halogens is 2. The van der Waals surface area contributed by atoms with Crippen LogP contribution in [0.4, 0.5) is 15.2 Å². The van der Waals surface area contributed by atoms with E-state index in [1.807, 2.05) is 11.0 Å². The Bertz CT molecular complexity index is 878. The molecule has 2 N–H and O–H groups in total. The monoisotopic (exact) mass is 501 g/mol. The molecule has 0 bridgehead atoms. The van der Waals surface area contributed by atoms with Crippen molar-refractivity contribution < 1.29 is 19.0 Å². The number of hydrogen-bond acceptors (Lipinski definition) is 7. The summed E-state index contributed by atoms with van der Waals surface area (Å²) in [6.45, 7) is 0.763. The van der Waals surface area contributed by atoms with E-state index in [9.17, 15) is 9.18 Å². The number of rotatable bonds is 9. The molecule has 6 nitrogen and oxygen atoms in total. The van der Waals surface area contributed by atoms with Gasteiger partial charge in [-0.15, -0.1) is 11.8 Å². The molecule has 156 valence electrons. The van der Waals surface area contributed by atoms with Crippen LogP contribution in [0.15, 0.2) is 33.1 Å². The van der Waals surface area contributed by atoms with E-state index in [1.54, 1.807) is 12.3 Å². The fourth-order valence-corrected chi connectivity index (χ4v) is 5.57. The Balaban J connectivity index is 1.43. The topological polar surface area (TPSA) is 78.0 Å². The quantitative estimate of drug-likeness (QED) is 0.369. The van der Waals surface area contributed by atoms with Crippen LogP contribution in [-0.2, 0) is 9.53 Å². The van der Waals surface area contributed by atoms with E-state index in [4.69, 9.17) is 9.84 Å². The van der Waals surface area contributed by atoms with Crippen LogP contribution in [0.25, 0.3) is 0 Å². The molecular formula is C19H21BrFN3O3S2. The maximum atomic E-state index is 14.7. The highest BCUT2D eigenvalue weighted by molar-refractivity contribution is 9.10. The van der Waals surface area contributed by atoms with Gasteiger partial charge in [0.05, 0.1) is 21.8 Å². The zero-order valence-electron chi connectivity index (χ0n) is 15.5. The third-order valence-corrected chi connectivity index (χ3v) is 7.61. The Kier molecular flexibility index (Phi) is 6.63. The minimum Gasteiger partial charge on any atom is -0.481 e. The summed E-state index contributed by atoms with van der Waals surface area (Å²) >= 11 is 5.94. The number of epoxide rings is 1. The van der Waals surface area contributed by atoms with Crippen LogP contribution in [0.5, 0.6) is 0 Å². The molecule has 29 heavy (non-hydrogen) atoms. The molecule has 1 saturated carbocycles. The Hall–Kier alpha value is -1.36. The summed E-state index contributed by atoms with van der Waals surface area (Å²) in [5.41, 5.74) is 0.547. The van der Waals surface area contributed by atoms with Gasteiger partial charge in [-0.1, -0.05) is 40.1 Å². The van der Waals surface area contributed by atoms with Crippen LogP contribution >= 0.6 is 39.0 Å². The smallest absolute Gasteiger partial charge is 0.313 e. The number of benzene rings is 1. The molecule has 1 aliphatic heterocycles. The number of anilines is 2. The van der Waals surface area contributed by atoms with Gasteiger partial charge in [0.15, 0.2) is 17.6 Å². The largest absolute Gasteiger partial charge is 0.481 e. The molecule has 2 aliphatic rings. The van der Waals surface area contributed by atoms with Crippen molar-refractivity contribution >= 4 is 55.8 Å². The first-order valence-electron chi connectivity index (χ1n) is 9.44. The Morgan fingerprint density at radius 2 is 2.24 bits per heavy atom. The number of carboxylic acids is 1. The van der Waals surface area contributed by atoms with Gasteiger partial charge in [-0.3, -0.25) is 4.79 Å². The fraction of sp³-hybridized carbons (Fsp3) is 0.474. The number of aromatic nitrogens is 1. The molecule has 2 aromatic rings. The first kappa shape index (κ1) is 20.9. The van der Waals surface area contributed by atoms with E-state index in [-0.39, 0.29) is 24.0 Å². The summed E-state index contributed by atoms with van der Waals surface area (Å²) in [6.07, 6.45) is 5.90. The predicted molar refractivity (Wildman–Crippen MR) is 116 cm³/mol. The van der Waals surface area contributed by atoms with E-state index in [2.05, 4.69) is 26.2 Å². The van der Waals surface area contributed by atoms with Gasteiger partial charge >= 0.3 is 5.97 Å². The number of ether oxygens (including phenoxy) is 1. The fourth-order valence-electron chi connectivity index (χ4n) is 3.62. The lowest BCUT2D eigenvalue weighted by atomic mass is 10.1. The van der Waals surface area contributed by atoms with Gasteiger partial charge in [0.2, 0.25) is 0 Å². The summed E-state index contributed by atoms with van der Waals surface area (Å²) < 4.78 is 22.0. The molecule has 1 aliphatic carbocycles. The average Bonchev–Trinajstić information content (AvgIpc) is 3.05. The first-order chi connectivity index (χ1) is 14.0. The number of nitrogens with one attached hydrogen (secondary N) is 1. The number of thiazole rings is 1. The van der Waals surface area contributed by atoms with Crippen molar-refractivity contribution in [3.63, 3.8) is 0 Å². The highest BCUT2D eigenvalue weighted by Gasteiger charge is 2.46. The van der Waals surface area contributed by atoms with Gasteiger partial charge < -0.3 is 20.1 Å². The van der Waals surface area contributed by atoms with E-state index in [1.165, 1.54) is 42.0 Å². The second-order valence-corrected chi connectivity index (χ2v) is 10.4. The summed E-state index contributed by atoms with van der Waals surface area (Å²) in [4.78, 5) is 17.0. The second-order valence-electron chi connectivity index (χ2n) is 7.16. The zero-order chi connectivity index (χ0) is 20.4. The molecule has 2 fully saturated rings. The summed E-state index contributed by atoms with van der Waals surface area (Å²) in [5.74, 6) is -0.583. The molecule has 4 rings (SSSR count). The highest BCUT2D eigenvalue weighted by atomic mass is 79.9. The van der Waals surface area contributed by atoms with E-state index < -0.39 is 5.97 Å². The van der Waals surface area contributed by atoms with Crippen molar-refractivity contribution in [2.24, 2.45) is 5.92 Å². The SMILES string of the molecule is O=C(O)CSc1cnc(NC2OC2N(CC2CCCC2)c2ccc(Br)cc2F)s1. The van der Waals surface area contributed by atoms with Crippen LogP contribution in [0, 0.1) is 11.7 Å². The van der Waals surface area contributed by atoms with Crippen molar-refractivity contribution in [2.45, 2.75) is 42.3 Å². The number of aliphatic carboxylic acids is 1. The maximum absolute atomic E-state index is 14.7. The third kappa shape index (κ3) is 5.42. The standard InChI is InChI=1S/C19H21BrFN3O3S2/c20-12-5-6-14(13(21)7-12)24(9-11-3-1-2-4-11)18-17(27-18)23-19-22-8-16(29-19)28-10-15(25)26/h5-8,11,17-18H,1-4,9-10H2,(H,22,23)(H,25,26). The van der Waals surface area contributed by atoms with Gasteiger partial charge in [0, 0.05) is 11.0 Å². The molecule has 1 aromatic heterocycles. The molecule has 2 atom stereocenters. The molecule has 1 saturated heterocycles. The van der Waals surface area contributed by atoms with Gasteiger partial charge in [-0.2, -0.15) is 0 Å². The van der Waals surface area contributed by atoms with Crippen LogP contribution in [0.1, 0.15) is 25.7 Å². The molecule has 0 spiro atoms. The Labute approximate surface area is 185 Å². The molecule has 2 unspecified atom stereocenters. The third-order valence-electron chi connectivity index (χ3n) is 5.01. The van der Waals surface area contributed by atoms with Crippen LogP contribution in [-0.4, -0.2) is 40.8 Å².